The molecule has 0 fully saturated rings. The zero-order valence-corrected chi connectivity index (χ0v) is 9.63. The third-order valence-corrected chi connectivity index (χ3v) is 2.34. The lowest BCUT2D eigenvalue weighted by Crippen LogP contribution is -2.21. The molecule has 1 rings (SSSR count). The molecule has 1 aromatic rings. The maximum Gasteiger partial charge on any atom is 0.124 e. The van der Waals surface area contributed by atoms with Crippen molar-refractivity contribution in [2.75, 3.05) is 6.54 Å². The zero-order chi connectivity index (χ0) is 12.5. The predicted molar refractivity (Wildman–Crippen MR) is 64.0 cm³/mol. The van der Waals surface area contributed by atoms with Crippen LogP contribution in [0.2, 0.25) is 0 Å². The number of hydrogen-bond donors (Lipinski definition) is 1. The maximum absolute atomic E-state index is 10.1. The van der Waals surface area contributed by atoms with E-state index < -0.39 is 5.97 Å². The van der Waals surface area contributed by atoms with Crippen LogP contribution in [0.5, 0.6) is 5.75 Å². The maximum atomic E-state index is 10.1. The number of carboxylic acid groups (broad SMARTS) is 1. The Morgan fingerprint density at radius 1 is 1.29 bits per heavy atom. The molecule has 92 valence electrons. The summed E-state index contributed by atoms with van der Waals surface area (Å²) in [4.78, 5) is 14.3. The largest absolute Gasteiger partial charge is 0.550 e. The Kier molecular flexibility index (Phi) is 5.79. The first kappa shape index (κ1) is 13.2. The van der Waals surface area contributed by atoms with Gasteiger partial charge in [0.1, 0.15) is 5.75 Å². The van der Waals surface area contributed by atoms with Crippen molar-refractivity contribution in [3.05, 3.63) is 29.8 Å². The van der Waals surface area contributed by atoms with Crippen molar-refractivity contribution in [2.45, 2.75) is 25.7 Å². The fraction of sp³-hybridized carbons (Fsp3) is 0.385. The average molecular weight is 234 g/mol. The molecular weight excluding hydrogens is 218 g/mol. The summed E-state index contributed by atoms with van der Waals surface area (Å²) < 4.78 is 0. The Bertz CT molecular complexity index is 388. The van der Waals surface area contributed by atoms with E-state index in [1.54, 1.807) is 24.4 Å². The molecule has 4 heteroatoms. The number of hydrogen-bond acceptors (Lipinski definition) is 4. The van der Waals surface area contributed by atoms with Gasteiger partial charge in [-0.15, -0.1) is 0 Å². The number of carbonyl (C=O) groups excluding carboxylic acids is 1. The van der Waals surface area contributed by atoms with Gasteiger partial charge < -0.3 is 15.0 Å². The van der Waals surface area contributed by atoms with Crippen molar-refractivity contribution >= 4 is 12.2 Å². The number of aromatic hydroxyl groups is 1. The van der Waals surface area contributed by atoms with Gasteiger partial charge in [0.25, 0.3) is 0 Å². The van der Waals surface area contributed by atoms with Crippen LogP contribution in [-0.4, -0.2) is 23.8 Å². The number of benzene rings is 1. The number of para-hydroxylation sites is 1. The summed E-state index contributed by atoms with van der Waals surface area (Å²) in [6, 6.07) is 6.99. The van der Waals surface area contributed by atoms with Crippen LogP contribution < -0.4 is 5.11 Å². The lowest BCUT2D eigenvalue weighted by Gasteiger charge is -2.00. The van der Waals surface area contributed by atoms with Crippen LogP contribution in [0.15, 0.2) is 29.3 Å². The van der Waals surface area contributed by atoms with Gasteiger partial charge in [-0.05, 0) is 31.4 Å². The monoisotopic (exact) mass is 234 g/mol. The highest BCUT2D eigenvalue weighted by molar-refractivity contribution is 5.83. The Morgan fingerprint density at radius 3 is 2.76 bits per heavy atom. The minimum absolute atomic E-state index is 0.114. The summed E-state index contributed by atoms with van der Waals surface area (Å²) in [5, 5.41) is 19.6. The normalized spacial score (nSPS) is 10.8. The van der Waals surface area contributed by atoms with Crippen molar-refractivity contribution in [2.24, 2.45) is 4.99 Å². The van der Waals surface area contributed by atoms with Gasteiger partial charge in [0, 0.05) is 24.3 Å². The Morgan fingerprint density at radius 2 is 2.06 bits per heavy atom. The highest BCUT2D eigenvalue weighted by Gasteiger charge is 1.94. The number of aliphatic imine (C=N–C) groups is 1. The second kappa shape index (κ2) is 7.44. The summed E-state index contributed by atoms with van der Waals surface area (Å²) in [7, 11) is 0. The molecule has 0 heterocycles. The van der Waals surface area contributed by atoms with Crippen molar-refractivity contribution in [1.82, 2.24) is 0 Å². The van der Waals surface area contributed by atoms with E-state index in [0.29, 0.717) is 18.5 Å². The first-order valence-electron chi connectivity index (χ1n) is 5.68. The number of nitrogens with zero attached hydrogens (tertiary/aromatic N) is 1. The SMILES string of the molecule is O=C([O-])CCCCCN=Cc1ccccc1O. The molecule has 1 N–H and O–H groups in total. The second-order valence-electron chi connectivity index (χ2n) is 3.78. The molecule has 0 unspecified atom stereocenters. The van der Waals surface area contributed by atoms with Crippen LogP contribution in [0.4, 0.5) is 0 Å². The minimum Gasteiger partial charge on any atom is -0.550 e. The van der Waals surface area contributed by atoms with Crippen LogP contribution in [0.25, 0.3) is 0 Å². The molecule has 0 saturated heterocycles. The third-order valence-electron chi connectivity index (χ3n) is 2.34. The highest BCUT2D eigenvalue weighted by atomic mass is 16.4. The zero-order valence-electron chi connectivity index (χ0n) is 9.63. The molecule has 0 radical (unpaired) electrons. The van der Waals surface area contributed by atoms with Gasteiger partial charge in [-0.1, -0.05) is 18.6 Å². The van der Waals surface area contributed by atoms with E-state index in [4.69, 9.17) is 0 Å². The molecule has 0 aliphatic carbocycles. The van der Waals surface area contributed by atoms with Gasteiger partial charge in [-0.25, -0.2) is 0 Å². The third kappa shape index (κ3) is 5.70. The van der Waals surface area contributed by atoms with Gasteiger partial charge in [-0.2, -0.15) is 0 Å². The number of phenolic OH excluding ortho intramolecular Hbond substituents is 1. The van der Waals surface area contributed by atoms with Gasteiger partial charge >= 0.3 is 0 Å². The van der Waals surface area contributed by atoms with Crippen LogP contribution in [0.3, 0.4) is 0 Å². The number of unbranched alkanes of at least 4 members (excludes halogenated alkanes) is 2. The smallest absolute Gasteiger partial charge is 0.124 e. The van der Waals surface area contributed by atoms with Gasteiger partial charge in [0.15, 0.2) is 0 Å². The molecule has 1 aromatic carbocycles. The lowest BCUT2D eigenvalue weighted by molar-refractivity contribution is -0.305. The summed E-state index contributed by atoms with van der Waals surface area (Å²) in [6.07, 6.45) is 4.05. The van der Waals surface area contributed by atoms with Crippen LogP contribution in [0.1, 0.15) is 31.2 Å². The van der Waals surface area contributed by atoms with Gasteiger partial charge in [-0.3, -0.25) is 4.99 Å². The number of phenols is 1. The topological polar surface area (TPSA) is 72.7 Å². The summed E-state index contributed by atoms with van der Waals surface area (Å²) in [6.45, 7) is 0.640. The Balaban J connectivity index is 2.18. The fourth-order valence-corrected chi connectivity index (χ4v) is 1.41. The summed E-state index contributed by atoms with van der Waals surface area (Å²) in [5.41, 5.74) is 0.697. The Hall–Kier alpha value is -1.84. The molecule has 0 aromatic heterocycles. The number of rotatable bonds is 7. The second-order valence-corrected chi connectivity index (χ2v) is 3.78. The van der Waals surface area contributed by atoms with E-state index in [-0.39, 0.29) is 12.2 Å². The predicted octanol–water partition coefficient (Wildman–Crippen LogP) is 1.12. The van der Waals surface area contributed by atoms with Crippen LogP contribution in [-0.2, 0) is 4.79 Å². The van der Waals surface area contributed by atoms with E-state index >= 15 is 0 Å². The molecule has 0 spiro atoms. The fourth-order valence-electron chi connectivity index (χ4n) is 1.41. The van der Waals surface area contributed by atoms with Gasteiger partial charge in [0.2, 0.25) is 0 Å². The summed E-state index contributed by atoms with van der Waals surface area (Å²) >= 11 is 0. The van der Waals surface area contributed by atoms with Crippen molar-refractivity contribution in [3.8, 4) is 5.75 Å². The highest BCUT2D eigenvalue weighted by Crippen LogP contribution is 2.12. The number of carbonyl (C=O) groups is 1. The quantitative estimate of drug-likeness (QED) is 0.567. The molecule has 0 amide bonds. The van der Waals surface area contributed by atoms with Crippen LogP contribution in [0, 0.1) is 0 Å². The number of carboxylic acids is 1. The van der Waals surface area contributed by atoms with Gasteiger partial charge in [0.05, 0.1) is 0 Å². The molecule has 0 atom stereocenters. The van der Waals surface area contributed by atoms with E-state index in [2.05, 4.69) is 4.99 Å². The molecule has 4 nitrogen and oxygen atoms in total. The Labute approximate surface area is 101 Å². The molecule has 0 aliphatic heterocycles. The minimum atomic E-state index is -0.997. The molecule has 0 aliphatic rings. The summed E-state index contributed by atoms with van der Waals surface area (Å²) in [5.74, 6) is -0.782. The molecule has 0 saturated carbocycles. The van der Waals surface area contributed by atoms with Crippen molar-refractivity contribution in [1.29, 1.82) is 0 Å². The average Bonchev–Trinajstić information content (AvgIpc) is 2.30. The van der Waals surface area contributed by atoms with Crippen LogP contribution >= 0.6 is 0 Å². The first-order valence-corrected chi connectivity index (χ1v) is 5.68. The van der Waals surface area contributed by atoms with E-state index in [9.17, 15) is 15.0 Å². The van der Waals surface area contributed by atoms with E-state index in [1.165, 1.54) is 0 Å². The molecule has 17 heavy (non-hydrogen) atoms. The standard InChI is InChI=1S/C13H17NO3/c15-12-7-4-3-6-11(12)10-14-9-5-1-2-8-13(16)17/h3-4,6-7,10,15H,1-2,5,8-9H2,(H,16,17)/p-1. The molecule has 0 bridgehead atoms. The van der Waals surface area contributed by atoms with E-state index in [1.807, 2.05) is 6.07 Å². The lowest BCUT2D eigenvalue weighted by atomic mass is 10.2. The molecular formula is C13H16NO3-. The van der Waals surface area contributed by atoms with E-state index in [0.717, 1.165) is 12.8 Å². The van der Waals surface area contributed by atoms with Crippen molar-refractivity contribution < 1.29 is 15.0 Å². The van der Waals surface area contributed by atoms with Crippen molar-refractivity contribution in [3.63, 3.8) is 0 Å². The first-order chi connectivity index (χ1) is 8.20. The number of aliphatic carboxylic acids is 1.